The normalized spacial score (nSPS) is 13.0. The molecule has 3 aromatic carbocycles. The maximum Gasteiger partial charge on any atom is 0.198 e. The fourth-order valence-corrected chi connectivity index (χ4v) is 3.28. The van der Waals surface area contributed by atoms with E-state index in [1.54, 1.807) is 24.3 Å². The van der Waals surface area contributed by atoms with E-state index in [1.165, 1.54) is 7.11 Å². The predicted octanol–water partition coefficient (Wildman–Crippen LogP) is 3.93. The second-order valence-electron chi connectivity index (χ2n) is 5.75. The number of fused-ring (bicyclic) bond motifs is 4. The number of rotatable bonds is 1. The molecule has 0 bridgehead atoms. The number of methoxy groups -OCH3 is 1. The van der Waals surface area contributed by atoms with Crippen molar-refractivity contribution in [2.75, 3.05) is 7.11 Å². The first kappa shape index (κ1) is 13.7. The Hall–Kier alpha value is -2.94. The number of carbonyl (C=O) groups is 2. The zero-order valence-corrected chi connectivity index (χ0v) is 12.8. The summed E-state index contributed by atoms with van der Waals surface area (Å²) in [6.45, 7) is 2.01. The summed E-state index contributed by atoms with van der Waals surface area (Å²) in [5.41, 5.74) is 2.83. The van der Waals surface area contributed by atoms with E-state index in [-0.39, 0.29) is 11.6 Å². The van der Waals surface area contributed by atoms with E-state index in [1.807, 2.05) is 31.2 Å². The van der Waals surface area contributed by atoms with Crippen LogP contribution in [-0.2, 0) is 0 Å². The van der Waals surface area contributed by atoms with Crippen LogP contribution in [0.5, 0.6) is 5.75 Å². The van der Waals surface area contributed by atoms with Crippen molar-refractivity contribution < 1.29 is 14.3 Å². The van der Waals surface area contributed by atoms with Gasteiger partial charge in [0.2, 0.25) is 0 Å². The number of carbonyl (C=O) groups excluding carboxylic acids is 2. The summed E-state index contributed by atoms with van der Waals surface area (Å²) >= 11 is 0. The highest BCUT2D eigenvalue weighted by Gasteiger charge is 2.33. The first-order chi connectivity index (χ1) is 11.1. The fraction of sp³-hybridized carbons (Fsp3) is 0.100. The topological polar surface area (TPSA) is 43.4 Å². The summed E-state index contributed by atoms with van der Waals surface area (Å²) in [6, 6.07) is 14.7. The van der Waals surface area contributed by atoms with Crippen molar-refractivity contribution in [3.05, 3.63) is 76.3 Å². The molecule has 0 aliphatic heterocycles. The van der Waals surface area contributed by atoms with Crippen molar-refractivity contribution in [3.63, 3.8) is 0 Å². The number of hydrogen-bond acceptors (Lipinski definition) is 3. The van der Waals surface area contributed by atoms with Crippen molar-refractivity contribution in [1.29, 1.82) is 0 Å². The lowest BCUT2D eigenvalue weighted by Gasteiger charge is -2.21. The van der Waals surface area contributed by atoms with E-state index in [0.717, 1.165) is 16.3 Å². The van der Waals surface area contributed by atoms with Crippen molar-refractivity contribution in [2.45, 2.75) is 6.92 Å². The van der Waals surface area contributed by atoms with Crippen LogP contribution in [0.3, 0.4) is 0 Å². The number of benzene rings is 3. The van der Waals surface area contributed by atoms with Gasteiger partial charge in [0.15, 0.2) is 11.6 Å². The monoisotopic (exact) mass is 302 g/mol. The van der Waals surface area contributed by atoms with E-state index in [2.05, 4.69) is 0 Å². The molecule has 0 spiro atoms. The molecule has 0 radical (unpaired) electrons. The Kier molecular flexibility index (Phi) is 2.85. The smallest absolute Gasteiger partial charge is 0.198 e. The predicted molar refractivity (Wildman–Crippen MR) is 88.5 cm³/mol. The quantitative estimate of drug-likeness (QED) is 0.535. The van der Waals surface area contributed by atoms with Gasteiger partial charge in [-0.15, -0.1) is 0 Å². The van der Waals surface area contributed by atoms with Crippen molar-refractivity contribution in [1.82, 2.24) is 0 Å². The summed E-state index contributed by atoms with van der Waals surface area (Å²) < 4.78 is 5.28. The van der Waals surface area contributed by atoms with E-state index < -0.39 is 0 Å². The van der Waals surface area contributed by atoms with Crippen LogP contribution in [0.15, 0.2) is 48.5 Å². The van der Waals surface area contributed by atoms with Crippen LogP contribution in [0.4, 0.5) is 0 Å². The lowest BCUT2D eigenvalue weighted by molar-refractivity contribution is 0.0978. The highest BCUT2D eigenvalue weighted by Crippen LogP contribution is 2.36. The molecule has 0 N–H and O–H groups in total. The average molecular weight is 302 g/mol. The first-order valence-electron chi connectivity index (χ1n) is 7.41. The van der Waals surface area contributed by atoms with Crippen LogP contribution in [0.2, 0.25) is 0 Å². The molecule has 4 rings (SSSR count). The minimum atomic E-state index is -0.158. The van der Waals surface area contributed by atoms with Crippen molar-refractivity contribution in [3.8, 4) is 5.75 Å². The molecular formula is C20H14O3. The Balaban J connectivity index is 2.08. The van der Waals surface area contributed by atoms with Gasteiger partial charge in [-0.3, -0.25) is 9.59 Å². The maximum absolute atomic E-state index is 13.0. The van der Waals surface area contributed by atoms with Crippen LogP contribution in [0.1, 0.15) is 37.4 Å². The summed E-state index contributed by atoms with van der Waals surface area (Å²) in [7, 11) is 1.51. The molecule has 3 aromatic rings. The molecule has 3 nitrogen and oxygen atoms in total. The third kappa shape index (κ3) is 1.83. The SMILES string of the molecule is COc1cccc2c1C(=O)c1ccc3cc(C)ccc3c1C2=O. The zero-order valence-electron chi connectivity index (χ0n) is 12.8. The minimum absolute atomic E-state index is 0.122. The first-order valence-corrected chi connectivity index (χ1v) is 7.41. The molecule has 0 aromatic heterocycles. The Bertz CT molecular complexity index is 999. The Morgan fingerprint density at radius 2 is 1.57 bits per heavy atom. The van der Waals surface area contributed by atoms with Crippen LogP contribution < -0.4 is 4.74 Å². The lowest BCUT2D eigenvalue weighted by Crippen LogP contribution is -2.22. The van der Waals surface area contributed by atoms with E-state index in [4.69, 9.17) is 4.74 Å². The fourth-order valence-electron chi connectivity index (χ4n) is 3.28. The number of ether oxygens (including phenoxy) is 1. The van der Waals surface area contributed by atoms with Crippen LogP contribution in [0.25, 0.3) is 10.8 Å². The van der Waals surface area contributed by atoms with Gasteiger partial charge in [0.25, 0.3) is 0 Å². The maximum atomic E-state index is 13.0. The number of hydrogen-bond donors (Lipinski definition) is 0. The van der Waals surface area contributed by atoms with Crippen molar-refractivity contribution in [2.24, 2.45) is 0 Å². The van der Waals surface area contributed by atoms with E-state index >= 15 is 0 Å². The Morgan fingerprint density at radius 3 is 2.35 bits per heavy atom. The van der Waals surface area contributed by atoms with Gasteiger partial charge >= 0.3 is 0 Å². The summed E-state index contributed by atoms with van der Waals surface area (Å²) in [5, 5.41) is 1.79. The molecule has 0 heterocycles. The molecule has 0 unspecified atom stereocenters. The summed E-state index contributed by atoms with van der Waals surface area (Å²) in [5.74, 6) is 0.160. The van der Waals surface area contributed by atoms with Gasteiger partial charge in [-0.05, 0) is 29.8 Å². The van der Waals surface area contributed by atoms with Gasteiger partial charge in [0.1, 0.15) is 5.75 Å². The second-order valence-corrected chi connectivity index (χ2v) is 5.75. The molecule has 3 heteroatoms. The largest absolute Gasteiger partial charge is 0.496 e. The highest BCUT2D eigenvalue weighted by molar-refractivity contribution is 6.32. The highest BCUT2D eigenvalue weighted by atomic mass is 16.5. The molecule has 0 amide bonds. The number of aryl methyl sites for hydroxylation is 1. The van der Waals surface area contributed by atoms with Gasteiger partial charge in [-0.1, -0.05) is 42.0 Å². The van der Waals surface area contributed by atoms with Crippen molar-refractivity contribution >= 4 is 22.3 Å². The van der Waals surface area contributed by atoms with Gasteiger partial charge in [-0.2, -0.15) is 0 Å². The average Bonchev–Trinajstić information content (AvgIpc) is 2.57. The van der Waals surface area contributed by atoms with Gasteiger partial charge in [0, 0.05) is 16.7 Å². The van der Waals surface area contributed by atoms with E-state index in [9.17, 15) is 9.59 Å². The Labute approximate surface area is 133 Å². The summed E-state index contributed by atoms with van der Waals surface area (Å²) in [4.78, 5) is 25.9. The van der Waals surface area contributed by atoms with Gasteiger partial charge in [-0.25, -0.2) is 0 Å². The zero-order chi connectivity index (χ0) is 16.1. The molecule has 0 saturated heterocycles. The van der Waals surface area contributed by atoms with Crippen LogP contribution in [-0.4, -0.2) is 18.7 Å². The number of ketones is 2. The van der Waals surface area contributed by atoms with Crippen LogP contribution in [0, 0.1) is 6.92 Å². The molecule has 1 aliphatic rings. The standard InChI is InChI=1S/C20H14O3/c1-11-6-8-13-12(10-11)7-9-15-17(13)19(21)14-4-3-5-16(23-2)18(14)20(15)22/h3-10H,1-2H3. The van der Waals surface area contributed by atoms with E-state index in [0.29, 0.717) is 28.0 Å². The molecular weight excluding hydrogens is 288 g/mol. The third-order valence-electron chi connectivity index (χ3n) is 4.36. The molecule has 112 valence electrons. The third-order valence-corrected chi connectivity index (χ3v) is 4.36. The Morgan fingerprint density at radius 1 is 0.826 bits per heavy atom. The minimum Gasteiger partial charge on any atom is -0.496 e. The second kappa shape index (κ2) is 4.78. The lowest BCUT2D eigenvalue weighted by atomic mass is 9.81. The van der Waals surface area contributed by atoms with Gasteiger partial charge in [0.05, 0.1) is 12.7 Å². The molecule has 1 aliphatic carbocycles. The molecule has 0 fully saturated rings. The van der Waals surface area contributed by atoms with Crippen LogP contribution >= 0.6 is 0 Å². The molecule has 0 atom stereocenters. The summed E-state index contributed by atoms with van der Waals surface area (Å²) in [6.07, 6.45) is 0. The molecule has 0 saturated carbocycles. The molecule has 23 heavy (non-hydrogen) atoms. The van der Waals surface area contributed by atoms with Gasteiger partial charge < -0.3 is 4.74 Å².